The van der Waals surface area contributed by atoms with E-state index in [1.54, 1.807) is 17.0 Å². The van der Waals surface area contributed by atoms with Crippen LogP contribution in [0.5, 0.6) is 0 Å². The van der Waals surface area contributed by atoms with E-state index >= 15 is 0 Å². The zero-order valence-electron chi connectivity index (χ0n) is 15.5. The maximum Gasteiger partial charge on any atom is 0.337 e. The number of rotatable bonds is 4. The molecule has 0 aromatic heterocycles. The molecule has 0 unspecified atom stereocenters. The van der Waals surface area contributed by atoms with E-state index in [1.807, 2.05) is 19.9 Å². The first-order valence-corrected chi connectivity index (χ1v) is 9.20. The minimum absolute atomic E-state index is 0.130. The summed E-state index contributed by atoms with van der Waals surface area (Å²) in [6.07, 6.45) is 1.53. The fraction of sp³-hybridized carbons (Fsp3) is 0.333. The fourth-order valence-electron chi connectivity index (χ4n) is 3.66. The van der Waals surface area contributed by atoms with Crippen molar-refractivity contribution in [2.24, 2.45) is 0 Å². The number of methoxy groups -OCH3 is 1. The smallest absolute Gasteiger partial charge is 0.337 e. The zero-order valence-corrected chi connectivity index (χ0v) is 16.2. The summed E-state index contributed by atoms with van der Waals surface area (Å²) in [5, 5.41) is -0.172. The molecule has 0 saturated heterocycles. The van der Waals surface area contributed by atoms with Crippen molar-refractivity contribution < 1.29 is 18.7 Å². The van der Waals surface area contributed by atoms with Crippen molar-refractivity contribution in [2.75, 3.05) is 7.11 Å². The summed E-state index contributed by atoms with van der Waals surface area (Å²) < 4.78 is 18.7. The second-order valence-corrected chi connectivity index (χ2v) is 7.25. The van der Waals surface area contributed by atoms with Gasteiger partial charge in [-0.3, -0.25) is 4.79 Å². The number of carbonyl (C=O) groups is 2. The summed E-state index contributed by atoms with van der Waals surface area (Å²) in [6.45, 7) is 3.82. The van der Waals surface area contributed by atoms with E-state index in [9.17, 15) is 14.0 Å². The van der Waals surface area contributed by atoms with Crippen molar-refractivity contribution in [3.05, 3.63) is 69.5 Å². The molecule has 0 spiro atoms. The fourth-order valence-corrected chi connectivity index (χ4v) is 3.87. The molecular weight excluding hydrogens is 369 g/mol. The molecule has 4 nitrogen and oxygen atoms in total. The first-order chi connectivity index (χ1) is 12.8. The molecule has 1 aliphatic rings. The number of benzene rings is 2. The summed E-state index contributed by atoms with van der Waals surface area (Å²) >= 11 is 6.05. The third-order valence-corrected chi connectivity index (χ3v) is 5.31. The Morgan fingerprint density at radius 1 is 1.26 bits per heavy atom. The van der Waals surface area contributed by atoms with E-state index in [1.165, 1.54) is 25.3 Å². The third kappa shape index (κ3) is 3.56. The summed E-state index contributed by atoms with van der Waals surface area (Å²) in [4.78, 5) is 26.8. The van der Waals surface area contributed by atoms with Crippen LogP contribution in [0.2, 0.25) is 5.02 Å². The van der Waals surface area contributed by atoms with Gasteiger partial charge < -0.3 is 9.64 Å². The van der Waals surface area contributed by atoms with E-state index in [0.717, 1.165) is 24.0 Å². The number of nitrogens with zero attached hydrogens (tertiary/aromatic N) is 1. The average Bonchev–Trinajstić information content (AvgIpc) is 3.06. The molecule has 1 atom stereocenters. The molecule has 0 bridgehead atoms. The normalized spacial score (nSPS) is 15.6. The minimum Gasteiger partial charge on any atom is -0.465 e. The highest BCUT2D eigenvalue weighted by Gasteiger charge is 2.34. The Kier molecular flexibility index (Phi) is 5.51. The van der Waals surface area contributed by atoms with Gasteiger partial charge in [0.2, 0.25) is 0 Å². The number of halogens is 2. The van der Waals surface area contributed by atoms with Gasteiger partial charge in [0, 0.05) is 6.04 Å². The number of amides is 1. The van der Waals surface area contributed by atoms with E-state index in [-0.39, 0.29) is 28.6 Å². The summed E-state index contributed by atoms with van der Waals surface area (Å²) in [7, 11) is 1.34. The second-order valence-electron chi connectivity index (χ2n) is 6.87. The molecule has 2 aromatic carbocycles. The highest BCUT2D eigenvalue weighted by atomic mass is 35.5. The van der Waals surface area contributed by atoms with Crippen molar-refractivity contribution in [2.45, 2.75) is 38.8 Å². The van der Waals surface area contributed by atoms with E-state index in [0.29, 0.717) is 5.56 Å². The number of hydrogen-bond donors (Lipinski definition) is 0. The quantitative estimate of drug-likeness (QED) is 0.705. The van der Waals surface area contributed by atoms with Gasteiger partial charge in [-0.2, -0.15) is 0 Å². The first-order valence-electron chi connectivity index (χ1n) is 8.83. The lowest BCUT2D eigenvalue weighted by atomic mass is 10.0. The molecule has 2 aromatic rings. The van der Waals surface area contributed by atoms with Gasteiger partial charge in [-0.1, -0.05) is 23.7 Å². The van der Waals surface area contributed by atoms with E-state index in [4.69, 9.17) is 16.3 Å². The second kappa shape index (κ2) is 7.69. The lowest BCUT2D eigenvalue weighted by molar-refractivity contribution is 0.0600. The van der Waals surface area contributed by atoms with E-state index in [2.05, 4.69) is 0 Å². The molecule has 1 amide bonds. The van der Waals surface area contributed by atoms with Gasteiger partial charge in [0.15, 0.2) is 0 Å². The van der Waals surface area contributed by atoms with Gasteiger partial charge >= 0.3 is 5.97 Å². The topological polar surface area (TPSA) is 46.6 Å². The molecule has 0 radical (unpaired) electrons. The molecule has 0 fully saturated rings. The van der Waals surface area contributed by atoms with Crippen molar-refractivity contribution >= 4 is 23.5 Å². The first kappa shape index (κ1) is 19.4. The summed E-state index contributed by atoms with van der Waals surface area (Å²) in [5.74, 6) is -1.36. The Bertz CT molecular complexity index is 897. The average molecular weight is 390 g/mol. The lowest BCUT2D eigenvalue weighted by Crippen LogP contribution is -2.39. The van der Waals surface area contributed by atoms with Crippen LogP contribution >= 0.6 is 11.6 Å². The maximum atomic E-state index is 13.8. The number of aryl methyl sites for hydroxylation is 1. The van der Waals surface area contributed by atoms with Gasteiger partial charge in [-0.15, -0.1) is 0 Å². The summed E-state index contributed by atoms with van der Waals surface area (Å²) in [5.41, 5.74) is 2.61. The molecule has 1 aliphatic carbocycles. The largest absolute Gasteiger partial charge is 0.465 e. The van der Waals surface area contributed by atoms with Crippen LogP contribution in [0.3, 0.4) is 0 Å². The molecule has 142 valence electrons. The van der Waals surface area contributed by atoms with Crippen LogP contribution in [0, 0.1) is 5.82 Å². The Hall–Kier alpha value is -2.40. The SMILES string of the molecule is COC(=O)c1ccc2c(c1)[C@H](N(C(=O)c1cccc(F)c1Cl)C(C)C)CC2. The Labute approximate surface area is 162 Å². The zero-order chi connectivity index (χ0) is 19.7. The molecule has 3 rings (SSSR count). The minimum atomic E-state index is -0.619. The van der Waals surface area contributed by atoms with Crippen LogP contribution in [0.25, 0.3) is 0 Å². The Morgan fingerprint density at radius 2 is 2.00 bits per heavy atom. The Morgan fingerprint density at radius 3 is 2.67 bits per heavy atom. The molecule has 0 N–H and O–H groups in total. The van der Waals surface area contributed by atoms with Crippen molar-refractivity contribution in [1.82, 2.24) is 4.90 Å². The monoisotopic (exact) mass is 389 g/mol. The number of esters is 1. The number of ether oxygens (including phenoxy) is 1. The molecule has 0 saturated carbocycles. The van der Waals surface area contributed by atoms with Crippen LogP contribution in [0.1, 0.15) is 58.2 Å². The number of fused-ring (bicyclic) bond motifs is 1. The van der Waals surface area contributed by atoms with Gasteiger partial charge in [-0.25, -0.2) is 9.18 Å². The van der Waals surface area contributed by atoms with Crippen LogP contribution in [-0.4, -0.2) is 29.9 Å². The van der Waals surface area contributed by atoms with Gasteiger partial charge in [0.25, 0.3) is 5.91 Å². The van der Waals surface area contributed by atoms with Gasteiger partial charge in [0.05, 0.1) is 29.3 Å². The number of hydrogen-bond acceptors (Lipinski definition) is 3. The van der Waals surface area contributed by atoms with Crippen LogP contribution < -0.4 is 0 Å². The third-order valence-electron chi connectivity index (χ3n) is 4.92. The summed E-state index contributed by atoms with van der Waals surface area (Å²) in [6, 6.07) is 9.32. The van der Waals surface area contributed by atoms with Crippen LogP contribution in [0.4, 0.5) is 4.39 Å². The van der Waals surface area contributed by atoms with Crippen molar-refractivity contribution in [1.29, 1.82) is 0 Å². The highest BCUT2D eigenvalue weighted by Crippen LogP contribution is 2.39. The molecule has 6 heteroatoms. The number of carbonyl (C=O) groups excluding carboxylic acids is 2. The molecule has 0 heterocycles. The van der Waals surface area contributed by atoms with Crippen molar-refractivity contribution in [3.8, 4) is 0 Å². The predicted molar refractivity (Wildman–Crippen MR) is 102 cm³/mol. The molecule has 0 aliphatic heterocycles. The van der Waals surface area contributed by atoms with Crippen molar-refractivity contribution in [3.63, 3.8) is 0 Å². The van der Waals surface area contributed by atoms with Crippen LogP contribution in [-0.2, 0) is 11.2 Å². The van der Waals surface area contributed by atoms with Gasteiger partial charge in [-0.05, 0) is 62.1 Å². The van der Waals surface area contributed by atoms with Crippen LogP contribution in [0.15, 0.2) is 36.4 Å². The highest BCUT2D eigenvalue weighted by molar-refractivity contribution is 6.34. The predicted octanol–water partition coefficient (Wildman–Crippen LogP) is 4.80. The maximum absolute atomic E-state index is 13.8. The van der Waals surface area contributed by atoms with E-state index < -0.39 is 11.8 Å². The lowest BCUT2D eigenvalue weighted by Gasteiger charge is -2.34. The molecular formula is C21H21ClFNO3. The standard InChI is InChI=1S/C21H21ClFNO3/c1-12(2)24(20(25)15-5-4-6-17(23)19(15)22)18-10-9-13-7-8-14(11-16(13)18)21(26)27-3/h4-8,11-12,18H,9-10H2,1-3H3/t18-/m1/s1. The molecule has 27 heavy (non-hydrogen) atoms. The Balaban J connectivity index is 2.02. The van der Waals surface area contributed by atoms with Gasteiger partial charge in [0.1, 0.15) is 5.82 Å².